The van der Waals surface area contributed by atoms with Gasteiger partial charge >= 0.3 is 11.9 Å². The molecule has 0 saturated carbocycles. The number of esters is 2. The Hall–Kier alpha value is -1.06. The van der Waals surface area contributed by atoms with Gasteiger partial charge in [0.25, 0.3) is 0 Å². The maximum absolute atomic E-state index is 10.8. The molecule has 0 rings (SSSR count). The summed E-state index contributed by atoms with van der Waals surface area (Å²) >= 11 is 0. The number of ether oxygens (including phenoxy) is 2. The van der Waals surface area contributed by atoms with E-state index in [1.165, 1.54) is 14.0 Å². The highest BCUT2D eigenvalue weighted by Crippen LogP contribution is 2.00. The molecule has 0 bridgehead atoms. The van der Waals surface area contributed by atoms with Crippen molar-refractivity contribution in [2.24, 2.45) is 5.92 Å². The van der Waals surface area contributed by atoms with E-state index in [0.717, 1.165) is 0 Å². The number of methoxy groups -OCH3 is 1. The molecule has 0 spiro atoms. The zero-order chi connectivity index (χ0) is 8.85. The van der Waals surface area contributed by atoms with E-state index in [1.54, 1.807) is 6.92 Å². The van der Waals surface area contributed by atoms with Crippen LogP contribution in [-0.4, -0.2) is 25.7 Å². The fraction of sp³-hybridized carbons (Fsp3) is 0.714. The summed E-state index contributed by atoms with van der Waals surface area (Å²) in [4.78, 5) is 21.5. The van der Waals surface area contributed by atoms with Crippen LogP contribution in [0.4, 0.5) is 0 Å². The van der Waals surface area contributed by atoms with Gasteiger partial charge in [-0.1, -0.05) is 0 Å². The van der Waals surface area contributed by atoms with Crippen LogP contribution in [0.5, 0.6) is 0 Å². The summed E-state index contributed by atoms with van der Waals surface area (Å²) in [5, 5.41) is 0. The minimum Gasteiger partial charge on any atom is -0.468 e. The lowest BCUT2D eigenvalue weighted by atomic mass is 10.2. The van der Waals surface area contributed by atoms with Gasteiger partial charge in [0.1, 0.15) is 0 Å². The van der Waals surface area contributed by atoms with Gasteiger partial charge in [-0.3, -0.25) is 9.59 Å². The topological polar surface area (TPSA) is 52.6 Å². The Bertz CT molecular complexity index is 153. The number of carbonyl (C=O) groups is 2. The van der Waals surface area contributed by atoms with Crippen LogP contribution in [0.15, 0.2) is 0 Å². The molecule has 0 saturated heterocycles. The summed E-state index contributed by atoms with van der Waals surface area (Å²) in [6.45, 7) is 3.41. The van der Waals surface area contributed by atoms with Crippen LogP contribution in [0, 0.1) is 5.92 Å². The molecular weight excluding hydrogens is 148 g/mol. The van der Waals surface area contributed by atoms with Gasteiger partial charge in [-0.05, 0) is 13.8 Å². The van der Waals surface area contributed by atoms with E-state index in [4.69, 9.17) is 0 Å². The van der Waals surface area contributed by atoms with Crippen molar-refractivity contribution in [3.05, 3.63) is 0 Å². The number of rotatable bonds is 3. The van der Waals surface area contributed by atoms with Crippen molar-refractivity contribution in [2.75, 3.05) is 13.7 Å². The third kappa shape index (κ3) is 3.02. The highest BCUT2D eigenvalue weighted by atomic mass is 16.5. The largest absolute Gasteiger partial charge is 0.468 e. The molecule has 64 valence electrons. The second kappa shape index (κ2) is 4.71. The third-order valence-electron chi connectivity index (χ3n) is 1.19. The lowest BCUT2D eigenvalue weighted by Gasteiger charge is -2.06. The minimum atomic E-state index is -0.819. The lowest BCUT2D eigenvalue weighted by Crippen LogP contribution is -2.24. The average molecular weight is 160 g/mol. The summed E-state index contributed by atoms with van der Waals surface area (Å²) in [6, 6.07) is 0. The number of hydrogen-bond donors (Lipinski definition) is 0. The van der Waals surface area contributed by atoms with Crippen molar-refractivity contribution in [2.45, 2.75) is 13.8 Å². The fourth-order valence-corrected chi connectivity index (χ4v) is 0.540. The quantitative estimate of drug-likeness (QED) is 0.442. The van der Waals surface area contributed by atoms with Gasteiger partial charge in [-0.15, -0.1) is 0 Å². The normalized spacial score (nSPS) is 11.9. The molecule has 0 aliphatic heterocycles. The van der Waals surface area contributed by atoms with Crippen molar-refractivity contribution in [1.29, 1.82) is 0 Å². The molecule has 0 aliphatic rings. The molecule has 4 heteroatoms. The second-order valence-corrected chi connectivity index (χ2v) is 2.00. The first-order valence-corrected chi connectivity index (χ1v) is 3.38. The predicted molar refractivity (Wildman–Crippen MR) is 37.8 cm³/mol. The molecule has 0 unspecified atom stereocenters. The standard InChI is InChI=1S/C7H12O4/c1-4-11-7(9)5(2)6(8)10-3/h5H,4H2,1-3H3/t5-/m0/s1. The Labute approximate surface area is 65.5 Å². The van der Waals surface area contributed by atoms with E-state index in [2.05, 4.69) is 9.47 Å². The van der Waals surface area contributed by atoms with Crippen LogP contribution < -0.4 is 0 Å². The zero-order valence-electron chi connectivity index (χ0n) is 6.92. The summed E-state index contributed by atoms with van der Waals surface area (Å²) in [5.41, 5.74) is 0. The summed E-state index contributed by atoms with van der Waals surface area (Å²) < 4.78 is 8.93. The SMILES string of the molecule is CCOC(=O)[C@@H](C)C(=O)OC. The van der Waals surface area contributed by atoms with Gasteiger partial charge < -0.3 is 9.47 Å². The fourth-order valence-electron chi connectivity index (χ4n) is 0.540. The second-order valence-electron chi connectivity index (χ2n) is 2.00. The molecule has 11 heavy (non-hydrogen) atoms. The molecule has 1 atom stereocenters. The molecule has 0 aromatic heterocycles. The Morgan fingerprint density at radius 1 is 1.36 bits per heavy atom. The molecule has 0 aromatic rings. The van der Waals surface area contributed by atoms with Crippen LogP contribution in [0.1, 0.15) is 13.8 Å². The Kier molecular flexibility index (Phi) is 4.26. The van der Waals surface area contributed by atoms with E-state index in [9.17, 15) is 9.59 Å². The molecule has 4 nitrogen and oxygen atoms in total. The Balaban J connectivity index is 3.91. The maximum atomic E-state index is 10.8. The van der Waals surface area contributed by atoms with Gasteiger partial charge in [0.15, 0.2) is 5.92 Å². The Morgan fingerprint density at radius 2 is 1.91 bits per heavy atom. The van der Waals surface area contributed by atoms with Crippen LogP contribution in [-0.2, 0) is 19.1 Å². The van der Waals surface area contributed by atoms with Crippen molar-refractivity contribution in [3.63, 3.8) is 0 Å². The monoisotopic (exact) mass is 160 g/mol. The Morgan fingerprint density at radius 3 is 2.27 bits per heavy atom. The van der Waals surface area contributed by atoms with Crippen LogP contribution in [0.25, 0.3) is 0 Å². The molecule has 0 aromatic carbocycles. The smallest absolute Gasteiger partial charge is 0.320 e. The predicted octanol–water partition coefficient (Wildman–Crippen LogP) is 0.359. The van der Waals surface area contributed by atoms with Crippen molar-refractivity contribution < 1.29 is 19.1 Å². The van der Waals surface area contributed by atoms with E-state index >= 15 is 0 Å². The number of carbonyl (C=O) groups excluding carboxylic acids is 2. The van der Waals surface area contributed by atoms with Gasteiger partial charge in [-0.25, -0.2) is 0 Å². The van der Waals surface area contributed by atoms with E-state index in [-0.39, 0.29) is 6.61 Å². The minimum absolute atomic E-state index is 0.278. The van der Waals surface area contributed by atoms with E-state index in [1.807, 2.05) is 0 Å². The molecule has 0 N–H and O–H groups in total. The first-order chi connectivity index (χ1) is 5.13. The van der Waals surface area contributed by atoms with Crippen molar-refractivity contribution in [1.82, 2.24) is 0 Å². The first-order valence-electron chi connectivity index (χ1n) is 3.38. The summed E-state index contributed by atoms with van der Waals surface area (Å²) in [5.74, 6) is -1.93. The van der Waals surface area contributed by atoms with Gasteiger partial charge in [-0.2, -0.15) is 0 Å². The molecule has 0 fully saturated rings. The van der Waals surface area contributed by atoms with E-state index < -0.39 is 17.9 Å². The molecule has 0 amide bonds. The highest BCUT2D eigenvalue weighted by molar-refractivity contribution is 5.94. The maximum Gasteiger partial charge on any atom is 0.320 e. The van der Waals surface area contributed by atoms with E-state index in [0.29, 0.717) is 0 Å². The van der Waals surface area contributed by atoms with Gasteiger partial charge in [0.05, 0.1) is 13.7 Å². The molecule has 0 heterocycles. The van der Waals surface area contributed by atoms with Crippen LogP contribution in [0.2, 0.25) is 0 Å². The van der Waals surface area contributed by atoms with Gasteiger partial charge in [0, 0.05) is 0 Å². The van der Waals surface area contributed by atoms with Crippen LogP contribution >= 0.6 is 0 Å². The van der Waals surface area contributed by atoms with Gasteiger partial charge in [0.2, 0.25) is 0 Å². The molecular formula is C7H12O4. The van der Waals surface area contributed by atoms with Crippen LogP contribution in [0.3, 0.4) is 0 Å². The van der Waals surface area contributed by atoms with Crippen molar-refractivity contribution >= 4 is 11.9 Å². The number of hydrogen-bond acceptors (Lipinski definition) is 4. The summed E-state index contributed by atoms with van der Waals surface area (Å²) in [6.07, 6.45) is 0. The van der Waals surface area contributed by atoms with Crippen molar-refractivity contribution in [3.8, 4) is 0 Å². The third-order valence-corrected chi connectivity index (χ3v) is 1.19. The molecule has 0 aliphatic carbocycles. The summed E-state index contributed by atoms with van der Waals surface area (Å²) in [7, 11) is 1.23. The lowest BCUT2D eigenvalue weighted by molar-refractivity contribution is -0.159. The molecule has 0 radical (unpaired) electrons. The highest BCUT2D eigenvalue weighted by Gasteiger charge is 2.22. The zero-order valence-corrected chi connectivity index (χ0v) is 6.92. The average Bonchev–Trinajstić information content (AvgIpc) is 2.02. The first kappa shape index (κ1) is 9.94.